The zero-order valence-corrected chi connectivity index (χ0v) is 12.4. The molecule has 0 aliphatic carbocycles. The average Bonchev–Trinajstić information content (AvgIpc) is 2.38. The quantitative estimate of drug-likeness (QED) is 0.815. The van der Waals surface area contributed by atoms with Crippen molar-refractivity contribution in [3.63, 3.8) is 0 Å². The fourth-order valence-electron chi connectivity index (χ4n) is 1.99. The van der Waals surface area contributed by atoms with E-state index in [1.54, 1.807) is 12.1 Å². The number of nitrogens with zero attached hydrogens (tertiary/aromatic N) is 1. The smallest absolute Gasteiger partial charge is 0.159 e. The highest BCUT2D eigenvalue weighted by molar-refractivity contribution is 5.94. The molecule has 0 radical (unpaired) electrons. The Hall–Kier alpha value is -2.00. The molecule has 2 aromatic carbocycles. The van der Waals surface area contributed by atoms with Gasteiger partial charge in [0.15, 0.2) is 5.78 Å². The third kappa shape index (κ3) is 3.75. The summed E-state index contributed by atoms with van der Waals surface area (Å²) in [5.41, 5.74) is 3.40. The van der Waals surface area contributed by atoms with Crippen LogP contribution in [-0.2, 0) is 6.54 Å². The minimum atomic E-state index is -0.0316. The summed E-state index contributed by atoms with van der Waals surface area (Å²) in [6.45, 7) is 2.59. The van der Waals surface area contributed by atoms with E-state index in [9.17, 15) is 4.79 Å². The molecule has 1 aliphatic heterocycles. The lowest BCUT2D eigenvalue weighted by atomic mass is 10.1. The Labute approximate surface area is 125 Å². The highest BCUT2D eigenvalue weighted by Crippen LogP contribution is 2.29. The van der Waals surface area contributed by atoms with E-state index < -0.39 is 0 Å². The molecule has 106 valence electrons. The van der Waals surface area contributed by atoms with Gasteiger partial charge in [0.2, 0.25) is 0 Å². The maximum atomic E-state index is 10.7. The SMILES string of the molecule is CC(=O)c1cccc(O)c1.CN1Cc2ccccc21.Cl. The number of fused-ring (bicyclic) bond motifs is 1. The number of para-hydroxylation sites is 1. The minimum Gasteiger partial charge on any atom is -0.508 e. The van der Waals surface area contributed by atoms with Gasteiger partial charge in [0.05, 0.1) is 0 Å². The van der Waals surface area contributed by atoms with Crippen LogP contribution < -0.4 is 4.90 Å². The van der Waals surface area contributed by atoms with Gasteiger partial charge < -0.3 is 10.0 Å². The number of halogens is 1. The third-order valence-corrected chi connectivity index (χ3v) is 3.06. The number of benzene rings is 2. The zero-order chi connectivity index (χ0) is 13.8. The Bertz CT molecular complexity index is 599. The van der Waals surface area contributed by atoms with Crippen molar-refractivity contribution in [2.24, 2.45) is 0 Å². The van der Waals surface area contributed by atoms with Crippen molar-refractivity contribution in [3.05, 3.63) is 59.7 Å². The number of ketones is 1. The van der Waals surface area contributed by atoms with Gasteiger partial charge in [0.25, 0.3) is 0 Å². The highest BCUT2D eigenvalue weighted by Gasteiger charge is 2.15. The van der Waals surface area contributed by atoms with Crippen LogP contribution in [0, 0.1) is 0 Å². The molecule has 4 heteroatoms. The van der Waals surface area contributed by atoms with Crippen molar-refractivity contribution in [2.45, 2.75) is 13.5 Å². The van der Waals surface area contributed by atoms with Crippen LogP contribution in [0.3, 0.4) is 0 Å². The van der Waals surface area contributed by atoms with Crippen LogP contribution in [0.1, 0.15) is 22.8 Å². The molecule has 2 aromatic rings. The molecule has 0 saturated carbocycles. The van der Waals surface area contributed by atoms with Gasteiger partial charge in [-0.15, -0.1) is 12.4 Å². The van der Waals surface area contributed by atoms with Gasteiger partial charge >= 0.3 is 0 Å². The molecule has 1 N–H and O–H groups in total. The zero-order valence-electron chi connectivity index (χ0n) is 11.5. The number of phenolic OH excluding ortho intramolecular Hbond substituents is 1. The number of rotatable bonds is 1. The second kappa shape index (κ2) is 6.96. The lowest BCUT2D eigenvalue weighted by molar-refractivity contribution is 0.101. The fourth-order valence-corrected chi connectivity index (χ4v) is 1.99. The van der Waals surface area contributed by atoms with E-state index in [0.29, 0.717) is 5.56 Å². The van der Waals surface area contributed by atoms with Crippen LogP contribution in [0.2, 0.25) is 0 Å². The number of aromatic hydroxyl groups is 1. The van der Waals surface area contributed by atoms with Crippen LogP contribution in [0.5, 0.6) is 5.75 Å². The molecular weight excluding hydrogens is 274 g/mol. The minimum absolute atomic E-state index is 0. The van der Waals surface area contributed by atoms with E-state index in [4.69, 9.17) is 5.11 Å². The first-order valence-electron chi connectivity index (χ1n) is 6.17. The number of hydrogen-bond acceptors (Lipinski definition) is 3. The molecule has 0 aromatic heterocycles. The molecule has 0 bridgehead atoms. The van der Waals surface area contributed by atoms with Gasteiger partial charge in [-0.25, -0.2) is 0 Å². The molecule has 0 atom stereocenters. The molecule has 0 amide bonds. The number of Topliss-reactive ketones (excluding diaryl/α,β-unsaturated/α-hetero) is 1. The summed E-state index contributed by atoms with van der Waals surface area (Å²) in [6.07, 6.45) is 0. The number of anilines is 1. The average molecular weight is 292 g/mol. The molecule has 3 rings (SSSR count). The molecule has 0 unspecified atom stereocenters. The maximum absolute atomic E-state index is 10.7. The van der Waals surface area contributed by atoms with Gasteiger partial charge in [-0.05, 0) is 30.7 Å². The van der Waals surface area contributed by atoms with E-state index in [2.05, 4.69) is 36.2 Å². The summed E-state index contributed by atoms with van der Waals surface area (Å²) in [5, 5.41) is 8.91. The standard InChI is InChI=1S/C8H9N.C8H8O2.ClH/c1-9-6-7-4-2-3-5-8(7)9;1-6(9)7-3-2-4-8(10)5-7;/h2-5H,6H2,1H3;2-5,10H,1H3;1H. The lowest BCUT2D eigenvalue weighted by Gasteiger charge is -2.31. The summed E-state index contributed by atoms with van der Waals surface area (Å²) < 4.78 is 0. The highest BCUT2D eigenvalue weighted by atomic mass is 35.5. The van der Waals surface area contributed by atoms with Gasteiger partial charge in [-0.3, -0.25) is 4.79 Å². The van der Waals surface area contributed by atoms with E-state index in [1.807, 2.05) is 0 Å². The number of carbonyl (C=O) groups excluding carboxylic acids is 1. The van der Waals surface area contributed by atoms with Crippen LogP contribution in [0.25, 0.3) is 0 Å². The van der Waals surface area contributed by atoms with Crippen molar-refractivity contribution in [2.75, 3.05) is 11.9 Å². The first-order valence-corrected chi connectivity index (χ1v) is 6.17. The van der Waals surface area contributed by atoms with E-state index in [-0.39, 0.29) is 23.9 Å². The molecule has 0 saturated heterocycles. The van der Waals surface area contributed by atoms with E-state index in [1.165, 1.54) is 30.3 Å². The second-order valence-electron chi connectivity index (χ2n) is 4.59. The van der Waals surface area contributed by atoms with Crippen molar-refractivity contribution in [1.82, 2.24) is 0 Å². The largest absolute Gasteiger partial charge is 0.508 e. The summed E-state index contributed by atoms with van der Waals surface area (Å²) in [7, 11) is 2.11. The predicted molar refractivity (Wildman–Crippen MR) is 83.9 cm³/mol. The molecule has 1 heterocycles. The van der Waals surface area contributed by atoms with Crippen molar-refractivity contribution in [3.8, 4) is 5.75 Å². The Kier molecular flexibility index (Phi) is 5.59. The lowest BCUT2D eigenvalue weighted by Crippen LogP contribution is -2.27. The molecule has 0 spiro atoms. The van der Waals surface area contributed by atoms with Gasteiger partial charge in [-0.2, -0.15) is 0 Å². The Morgan fingerprint density at radius 1 is 1.15 bits per heavy atom. The van der Waals surface area contributed by atoms with Crippen LogP contribution >= 0.6 is 12.4 Å². The molecular formula is C16H18ClNO2. The number of carbonyl (C=O) groups is 1. The van der Waals surface area contributed by atoms with Crippen molar-refractivity contribution < 1.29 is 9.90 Å². The van der Waals surface area contributed by atoms with Crippen LogP contribution in [0.15, 0.2) is 48.5 Å². The topological polar surface area (TPSA) is 40.5 Å². The number of hydrogen-bond donors (Lipinski definition) is 1. The van der Waals surface area contributed by atoms with E-state index >= 15 is 0 Å². The molecule has 0 fully saturated rings. The molecule has 20 heavy (non-hydrogen) atoms. The molecule has 1 aliphatic rings. The van der Waals surface area contributed by atoms with Gasteiger partial charge in [0, 0.05) is 24.8 Å². The van der Waals surface area contributed by atoms with Gasteiger partial charge in [-0.1, -0.05) is 30.3 Å². The Balaban J connectivity index is 0.000000191. The first-order chi connectivity index (χ1) is 9.08. The monoisotopic (exact) mass is 291 g/mol. The van der Waals surface area contributed by atoms with Crippen molar-refractivity contribution >= 4 is 23.9 Å². The first kappa shape index (κ1) is 16.1. The Morgan fingerprint density at radius 2 is 1.85 bits per heavy atom. The van der Waals surface area contributed by atoms with Crippen LogP contribution in [0.4, 0.5) is 5.69 Å². The number of phenols is 1. The fraction of sp³-hybridized carbons (Fsp3) is 0.188. The van der Waals surface area contributed by atoms with Crippen LogP contribution in [-0.4, -0.2) is 17.9 Å². The summed E-state index contributed by atoms with van der Waals surface area (Å²) in [5.74, 6) is 0.101. The summed E-state index contributed by atoms with van der Waals surface area (Å²) in [6, 6.07) is 14.8. The van der Waals surface area contributed by atoms with E-state index in [0.717, 1.165) is 6.54 Å². The maximum Gasteiger partial charge on any atom is 0.159 e. The van der Waals surface area contributed by atoms with Gasteiger partial charge in [0.1, 0.15) is 5.75 Å². The van der Waals surface area contributed by atoms with Crippen molar-refractivity contribution in [1.29, 1.82) is 0 Å². The summed E-state index contributed by atoms with van der Waals surface area (Å²) in [4.78, 5) is 12.9. The molecule has 3 nitrogen and oxygen atoms in total. The Morgan fingerprint density at radius 3 is 2.30 bits per heavy atom. The third-order valence-electron chi connectivity index (χ3n) is 3.06. The summed E-state index contributed by atoms with van der Waals surface area (Å²) >= 11 is 0. The normalized spacial score (nSPS) is 11.2. The second-order valence-corrected chi connectivity index (χ2v) is 4.59. The predicted octanol–water partition coefficient (Wildman–Crippen LogP) is 3.65.